The van der Waals surface area contributed by atoms with Gasteiger partial charge in [0.15, 0.2) is 0 Å². The van der Waals surface area contributed by atoms with E-state index in [1.807, 2.05) is 41.3 Å². The summed E-state index contributed by atoms with van der Waals surface area (Å²) in [5.74, 6) is 1.39. The fourth-order valence-corrected chi connectivity index (χ4v) is 2.85. The van der Waals surface area contributed by atoms with Crippen LogP contribution >= 0.6 is 0 Å². The minimum atomic E-state index is -0.667. The van der Waals surface area contributed by atoms with Gasteiger partial charge in [-0.2, -0.15) is 15.0 Å². The Balaban J connectivity index is 1.55. The Bertz CT molecular complexity index is 948. The molecule has 0 spiro atoms. The largest absolute Gasteiger partial charge is 0.419 e. The van der Waals surface area contributed by atoms with Crippen LogP contribution in [0.15, 0.2) is 60.7 Å². The molecule has 0 atom stereocenters. The van der Waals surface area contributed by atoms with Crippen LogP contribution in [0.1, 0.15) is 0 Å². The maximum absolute atomic E-state index is 12.3. The van der Waals surface area contributed by atoms with Crippen LogP contribution in [-0.4, -0.2) is 47.2 Å². The van der Waals surface area contributed by atoms with Gasteiger partial charge in [0.25, 0.3) is 0 Å². The van der Waals surface area contributed by atoms with E-state index in [9.17, 15) is 4.79 Å². The zero-order valence-electron chi connectivity index (χ0n) is 15.7. The Morgan fingerprint density at radius 2 is 1.55 bits per heavy atom. The molecule has 1 fully saturated rings. The molecule has 2 aromatic carbocycles. The summed E-state index contributed by atoms with van der Waals surface area (Å²) in [6.07, 6.45) is -0.667. The molecule has 3 N–H and O–H groups in total. The van der Waals surface area contributed by atoms with E-state index < -0.39 is 6.09 Å². The molecule has 1 aromatic heterocycles. The summed E-state index contributed by atoms with van der Waals surface area (Å²) in [7, 11) is 0. The summed E-state index contributed by atoms with van der Waals surface area (Å²) in [6.45, 7) is 3.21. The molecule has 0 radical (unpaired) electrons. The number of hydrogen-bond acceptors (Lipinski definition) is 8. The number of nitrogens with zero attached hydrogens (tertiary/aromatic N) is 4. The van der Waals surface area contributed by atoms with Gasteiger partial charge in [-0.1, -0.05) is 36.4 Å². The first-order valence-electron chi connectivity index (χ1n) is 9.34. The fraction of sp³-hybridized carbons (Fsp3) is 0.200. The molecule has 1 saturated heterocycles. The first kappa shape index (κ1) is 18.6. The zero-order valence-corrected chi connectivity index (χ0v) is 15.7. The molecular formula is C20H21N7O2. The molecule has 1 amide bonds. The van der Waals surface area contributed by atoms with Crippen LogP contribution in [0.2, 0.25) is 0 Å². The number of rotatable bonds is 5. The van der Waals surface area contributed by atoms with Crippen LogP contribution in [0.4, 0.5) is 28.3 Å². The van der Waals surface area contributed by atoms with Crippen molar-refractivity contribution in [3.05, 3.63) is 60.7 Å². The van der Waals surface area contributed by atoms with Crippen molar-refractivity contribution in [3.8, 4) is 5.75 Å². The second kappa shape index (κ2) is 8.98. The highest BCUT2D eigenvalue weighted by molar-refractivity contribution is 5.84. The number of benzene rings is 2. The normalized spacial score (nSPS) is 13.6. The summed E-state index contributed by atoms with van der Waals surface area (Å²) in [6, 6.07) is 18.4. The highest BCUT2D eigenvalue weighted by atomic mass is 16.6. The first-order chi connectivity index (χ1) is 14.3. The van der Waals surface area contributed by atoms with E-state index in [2.05, 4.69) is 30.9 Å². The molecule has 0 saturated carbocycles. The average molecular weight is 391 g/mol. The summed E-state index contributed by atoms with van der Waals surface area (Å²) in [5.41, 5.74) is 0.836. The second-order valence-electron chi connectivity index (χ2n) is 6.34. The number of carbonyl (C=O) groups is 1. The fourth-order valence-electron chi connectivity index (χ4n) is 2.85. The van der Waals surface area contributed by atoms with Crippen molar-refractivity contribution in [2.45, 2.75) is 0 Å². The molecule has 2 heterocycles. The molecule has 1 aliphatic heterocycles. The van der Waals surface area contributed by atoms with Gasteiger partial charge in [-0.05, 0) is 24.3 Å². The molecule has 3 aromatic rings. The van der Waals surface area contributed by atoms with Gasteiger partial charge >= 0.3 is 6.09 Å². The lowest BCUT2D eigenvalue weighted by Gasteiger charge is -2.27. The van der Waals surface area contributed by atoms with Crippen LogP contribution in [-0.2, 0) is 0 Å². The van der Waals surface area contributed by atoms with E-state index in [1.165, 1.54) is 0 Å². The SMILES string of the molecule is O=C(Nc1nc(Nc2ccccc2)nc(N2CCNCC2)n1)Oc1ccccc1. The van der Waals surface area contributed by atoms with Crippen molar-refractivity contribution in [1.82, 2.24) is 20.3 Å². The standard InChI is InChI=1S/C20H21N7O2/c28-20(29-16-9-5-2-6-10-16)26-18-23-17(22-15-7-3-1-4-8-15)24-19(25-18)27-13-11-21-12-14-27/h1-10,21H,11-14H2,(H2,22,23,24,25,26,28). The predicted octanol–water partition coefficient (Wildman–Crippen LogP) is 2.64. The van der Waals surface area contributed by atoms with Gasteiger partial charge in [0, 0.05) is 31.9 Å². The second-order valence-corrected chi connectivity index (χ2v) is 6.34. The molecule has 29 heavy (non-hydrogen) atoms. The van der Waals surface area contributed by atoms with Crippen LogP contribution in [0.3, 0.4) is 0 Å². The van der Waals surface area contributed by atoms with E-state index in [1.54, 1.807) is 24.3 Å². The Morgan fingerprint density at radius 3 is 2.28 bits per heavy atom. The number of ether oxygens (including phenoxy) is 1. The molecule has 9 nitrogen and oxygen atoms in total. The van der Waals surface area contributed by atoms with Gasteiger partial charge in [0.2, 0.25) is 17.8 Å². The predicted molar refractivity (Wildman–Crippen MR) is 111 cm³/mol. The third kappa shape index (κ3) is 5.17. The first-order valence-corrected chi connectivity index (χ1v) is 9.34. The summed E-state index contributed by atoms with van der Waals surface area (Å²) >= 11 is 0. The van der Waals surface area contributed by atoms with Crippen LogP contribution < -0.4 is 25.6 Å². The Kier molecular flexibility index (Phi) is 5.77. The highest BCUT2D eigenvalue weighted by Crippen LogP contribution is 2.18. The number of para-hydroxylation sites is 2. The number of carbonyl (C=O) groups excluding carboxylic acids is 1. The van der Waals surface area contributed by atoms with Gasteiger partial charge in [-0.15, -0.1) is 0 Å². The third-order valence-electron chi connectivity index (χ3n) is 4.22. The summed E-state index contributed by atoms with van der Waals surface area (Å²) in [5, 5.41) is 9.04. The maximum atomic E-state index is 12.3. The molecule has 0 bridgehead atoms. The van der Waals surface area contributed by atoms with Crippen molar-refractivity contribution in [3.63, 3.8) is 0 Å². The third-order valence-corrected chi connectivity index (χ3v) is 4.22. The number of nitrogens with one attached hydrogen (secondary N) is 3. The summed E-state index contributed by atoms with van der Waals surface area (Å²) in [4.78, 5) is 27.5. The lowest BCUT2D eigenvalue weighted by atomic mass is 10.3. The molecule has 4 rings (SSSR count). The van der Waals surface area contributed by atoms with E-state index in [4.69, 9.17) is 4.74 Å². The van der Waals surface area contributed by atoms with E-state index in [-0.39, 0.29) is 5.95 Å². The van der Waals surface area contributed by atoms with Crippen LogP contribution in [0.5, 0.6) is 5.75 Å². The van der Waals surface area contributed by atoms with Crippen LogP contribution in [0, 0.1) is 0 Å². The lowest BCUT2D eigenvalue weighted by Crippen LogP contribution is -2.44. The summed E-state index contributed by atoms with van der Waals surface area (Å²) < 4.78 is 5.27. The smallest absolute Gasteiger partial charge is 0.410 e. The highest BCUT2D eigenvalue weighted by Gasteiger charge is 2.17. The Labute approximate surface area is 168 Å². The van der Waals surface area contributed by atoms with Crippen molar-refractivity contribution >= 4 is 29.6 Å². The van der Waals surface area contributed by atoms with Gasteiger partial charge in [-0.25, -0.2) is 4.79 Å². The minimum Gasteiger partial charge on any atom is -0.410 e. The molecule has 0 aliphatic carbocycles. The Hall–Kier alpha value is -3.72. The van der Waals surface area contributed by atoms with Crippen molar-refractivity contribution in [2.24, 2.45) is 0 Å². The number of hydrogen-bond donors (Lipinski definition) is 3. The van der Waals surface area contributed by atoms with E-state index in [0.29, 0.717) is 17.6 Å². The van der Waals surface area contributed by atoms with E-state index in [0.717, 1.165) is 31.9 Å². The Morgan fingerprint density at radius 1 is 0.897 bits per heavy atom. The molecular weight excluding hydrogens is 370 g/mol. The van der Waals surface area contributed by atoms with Gasteiger partial charge < -0.3 is 20.3 Å². The maximum Gasteiger partial charge on any atom is 0.419 e. The number of aromatic nitrogens is 3. The minimum absolute atomic E-state index is 0.118. The van der Waals surface area contributed by atoms with Crippen molar-refractivity contribution in [1.29, 1.82) is 0 Å². The topological polar surface area (TPSA) is 104 Å². The van der Waals surface area contributed by atoms with Gasteiger partial charge in [-0.3, -0.25) is 5.32 Å². The van der Waals surface area contributed by atoms with Crippen molar-refractivity contribution < 1.29 is 9.53 Å². The van der Waals surface area contributed by atoms with Crippen LogP contribution in [0.25, 0.3) is 0 Å². The zero-order chi connectivity index (χ0) is 19.9. The number of piperazine rings is 1. The quantitative estimate of drug-likeness (QED) is 0.610. The molecule has 1 aliphatic rings. The average Bonchev–Trinajstić information content (AvgIpc) is 2.75. The molecule has 148 valence electrons. The van der Waals surface area contributed by atoms with E-state index >= 15 is 0 Å². The number of anilines is 4. The number of amides is 1. The molecule has 0 unspecified atom stereocenters. The van der Waals surface area contributed by atoms with Crippen molar-refractivity contribution in [2.75, 3.05) is 41.7 Å². The lowest BCUT2D eigenvalue weighted by molar-refractivity contribution is 0.215. The van der Waals surface area contributed by atoms with Gasteiger partial charge in [0.1, 0.15) is 5.75 Å². The molecule has 9 heteroatoms. The monoisotopic (exact) mass is 391 g/mol. The van der Waals surface area contributed by atoms with Gasteiger partial charge in [0.05, 0.1) is 0 Å².